The minimum absolute atomic E-state index is 0.0768. The Labute approximate surface area is 167 Å². The van der Waals surface area contributed by atoms with Gasteiger partial charge in [0.15, 0.2) is 5.82 Å². The van der Waals surface area contributed by atoms with Gasteiger partial charge >= 0.3 is 6.03 Å². The van der Waals surface area contributed by atoms with Gasteiger partial charge in [-0.2, -0.15) is 4.98 Å². The van der Waals surface area contributed by atoms with Crippen molar-refractivity contribution in [2.75, 3.05) is 0 Å². The van der Waals surface area contributed by atoms with Crippen molar-refractivity contribution in [2.45, 2.75) is 63.7 Å². The van der Waals surface area contributed by atoms with Crippen molar-refractivity contribution in [3.8, 4) is 0 Å². The molecule has 1 aromatic carbocycles. The van der Waals surface area contributed by atoms with E-state index in [0.29, 0.717) is 30.1 Å². The Hall–Kier alpha value is -2.97. The van der Waals surface area contributed by atoms with Crippen molar-refractivity contribution in [2.24, 2.45) is 0 Å². The van der Waals surface area contributed by atoms with Crippen molar-refractivity contribution < 1.29 is 18.5 Å². The Kier molecular flexibility index (Phi) is 5.73. The number of urea groups is 1. The standard InChI is InChI=1S/C20H24FN5O3/c21-15-8-4-1-5-13(15)12-26-16(9-10-18(26)27)19-24-17(25-29-19)11-22-20(28)23-14-6-2-3-7-14/h1,4-5,8,14,16H,2-3,6-7,9-12H2,(H2,22,23,28)/t16-/m0/s1. The highest BCUT2D eigenvalue weighted by molar-refractivity contribution is 5.78. The second-order valence-corrected chi connectivity index (χ2v) is 7.52. The van der Waals surface area contributed by atoms with Crippen LogP contribution in [-0.4, -0.2) is 33.0 Å². The van der Waals surface area contributed by atoms with Crippen molar-refractivity contribution in [3.05, 3.63) is 47.4 Å². The molecule has 2 aliphatic rings. The summed E-state index contributed by atoms with van der Waals surface area (Å²) in [5.41, 5.74) is 0.442. The summed E-state index contributed by atoms with van der Waals surface area (Å²) < 4.78 is 19.3. The van der Waals surface area contributed by atoms with Gasteiger partial charge in [-0.15, -0.1) is 0 Å². The molecule has 1 saturated carbocycles. The zero-order chi connectivity index (χ0) is 20.2. The number of nitrogens with zero attached hydrogens (tertiary/aromatic N) is 3. The van der Waals surface area contributed by atoms with Crippen molar-refractivity contribution in [3.63, 3.8) is 0 Å². The molecule has 1 aromatic heterocycles. The quantitative estimate of drug-likeness (QED) is 0.775. The summed E-state index contributed by atoms with van der Waals surface area (Å²) in [5, 5.41) is 9.57. The van der Waals surface area contributed by atoms with E-state index in [1.54, 1.807) is 23.1 Å². The molecule has 0 unspecified atom stereocenters. The summed E-state index contributed by atoms with van der Waals surface area (Å²) in [6.07, 6.45) is 5.18. The first-order valence-corrected chi connectivity index (χ1v) is 10.00. The van der Waals surface area contributed by atoms with Gasteiger partial charge in [-0.3, -0.25) is 4.79 Å². The van der Waals surface area contributed by atoms with E-state index >= 15 is 0 Å². The van der Waals surface area contributed by atoms with Crippen LogP contribution in [0.2, 0.25) is 0 Å². The maximum absolute atomic E-state index is 14.0. The van der Waals surface area contributed by atoms with Crippen molar-refractivity contribution >= 4 is 11.9 Å². The third kappa shape index (κ3) is 4.55. The first-order chi connectivity index (χ1) is 14.1. The topological polar surface area (TPSA) is 100 Å². The maximum Gasteiger partial charge on any atom is 0.315 e. The Morgan fingerprint density at radius 1 is 1.24 bits per heavy atom. The summed E-state index contributed by atoms with van der Waals surface area (Å²) in [7, 11) is 0. The first-order valence-electron chi connectivity index (χ1n) is 10.00. The van der Waals surface area contributed by atoms with Crippen molar-refractivity contribution in [1.82, 2.24) is 25.7 Å². The van der Waals surface area contributed by atoms with E-state index in [0.717, 1.165) is 25.7 Å². The van der Waals surface area contributed by atoms with Crippen LogP contribution in [0.5, 0.6) is 0 Å². The zero-order valence-electron chi connectivity index (χ0n) is 16.1. The number of nitrogens with one attached hydrogen (secondary N) is 2. The highest BCUT2D eigenvalue weighted by Gasteiger charge is 2.36. The molecule has 29 heavy (non-hydrogen) atoms. The molecule has 1 aliphatic heterocycles. The Morgan fingerprint density at radius 2 is 2.03 bits per heavy atom. The van der Waals surface area contributed by atoms with Gasteiger partial charge in [0, 0.05) is 24.6 Å². The molecule has 9 heteroatoms. The highest BCUT2D eigenvalue weighted by atomic mass is 19.1. The van der Waals surface area contributed by atoms with Crippen LogP contribution in [0.1, 0.15) is 61.8 Å². The number of aromatic nitrogens is 2. The van der Waals surface area contributed by atoms with Crippen LogP contribution in [-0.2, 0) is 17.9 Å². The molecule has 0 radical (unpaired) electrons. The lowest BCUT2D eigenvalue weighted by atomic mass is 10.1. The number of hydrogen-bond acceptors (Lipinski definition) is 5. The molecule has 2 N–H and O–H groups in total. The van der Waals surface area contributed by atoms with Crippen LogP contribution in [0.15, 0.2) is 28.8 Å². The monoisotopic (exact) mass is 401 g/mol. The molecule has 1 aliphatic carbocycles. The van der Waals surface area contributed by atoms with Crippen LogP contribution in [0, 0.1) is 5.82 Å². The smallest absolute Gasteiger partial charge is 0.315 e. The molecule has 0 bridgehead atoms. The first kappa shape index (κ1) is 19.4. The van der Waals surface area contributed by atoms with E-state index in [1.807, 2.05) is 0 Å². The number of carbonyl (C=O) groups is 2. The number of likely N-dealkylation sites (tertiary alicyclic amines) is 1. The second kappa shape index (κ2) is 8.59. The Morgan fingerprint density at radius 3 is 2.83 bits per heavy atom. The molecular weight excluding hydrogens is 377 g/mol. The lowest BCUT2D eigenvalue weighted by Gasteiger charge is -2.22. The minimum atomic E-state index is -0.393. The van der Waals surface area contributed by atoms with E-state index in [9.17, 15) is 14.0 Å². The molecular formula is C20H24FN5O3. The van der Waals surface area contributed by atoms with Gasteiger partial charge in [-0.25, -0.2) is 9.18 Å². The van der Waals surface area contributed by atoms with Gasteiger partial charge in [-0.1, -0.05) is 36.2 Å². The molecule has 3 amide bonds. The van der Waals surface area contributed by atoms with E-state index in [-0.39, 0.29) is 36.9 Å². The fraction of sp³-hybridized carbons (Fsp3) is 0.500. The van der Waals surface area contributed by atoms with E-state index in [4.69, 9.17) is 4.52 Å². The predicted octanol–water partition coefficient (Wildman–Crippen LogP) is 2.81. The zero-order valence-corrected chi connectivity index (χ0v) is 16.1. The lowest BCUT2D eigenvalue weighted by molar-refractivity contribution is -0.130. The number of hydrogen-bond donors (Lipinski definition) is 2. The summed E-state index contributed by atoms with van der Waals surface area (Å²) in [5.74, 6) is 0.216. The summed E-state index contributed by atoms with van der Waals surface area (Å²) in [4.78, 5) is 30.2. The summed E-state index contributed by atoms with van der Waals surface area (Å²) >= 11 is 0. The number of halogens is 1. The van der Waals surface area contributed by atoms with Gasteiger partial charge in [0.2, 0.25) is 11.8 Å². The average Bonchev–Trinajstić information content (AvgIpc) is 3.45. The van der Waals surface area contributed by atoms with Crippen LogP contribution in [0.25, 0.3) is 0 Å². The van der Waals surface area contributed by atoms with Crippen LogP contribution >= 0.6 is 0 Å². The molecule has 4 rings (SSSR count). The van der Waals surface area contributed by atoms with Crippen LogP contribution in [0.3, 0.4) is 0 Å². The van der Waals surface area contributed by atoms with Crippen LogP contribution in [0.4, 0.5) is 9.18 Å². The van der Waals surface area contributed by atoms with Crippen LogP contribution < -0.4 is 10.6 Å². The van der Waals surface area contributed by atoms with Gasteiger partial charge in [0.05, 0.1) is 6.54 Å². The third-order valence-corrected chi connectivity index (χ3v) is 5.49. The third-order valence-electron chi connectivity index (χ3n) is 5.49. The molecule has 2 aromatic rings. The SMILES string of the molecule is O=C(NCc1noc([C@@H]2CCC(=O)N2Cc2ccccc2F)n1)NC1CCCC1. The molecule has 0 spiro atoms. The van der Waals surface area contributed by atoms with Crippen molar-refractivity contribution in [1.29, 1.82) is 0 Å². The molecule has 2 fully saturated rings. The number of amides is 3. The molecule has 1 saturated heterocycles. The fourth-order valence-corrected chi connectivity index (χ4v) is 3.94. The van der Waals surface area contributed by atoms with E-state index in [1.165, 1.54) is 6.07 Å². The number of benzene rings is 1. The maximum atomic E-state index is 14.0. The summed E-state index contributed by atoms with van der Waals surface area (Å²) in [6, 6.07) is 5.97. The summed E-state index contributed by atoms with van der Waals surface area (Å²) in [6.45, 7) is 0.284. The van der Waals surface area contributed by atoms with Gasteiger partial charge < -0.3 is 20.1 Å². The minimum Gasteiger partial charge on any atom is -0.337 e. The Bertz CT molecular complexity index is 881. The highest BCUT2D eigenvalue weighted by Crippen LogP contribution is 2.33. The van der Waals surface area contributed by atoms with Gasteiger partial charge in [0.1, 0.15) is 11.9 Å². The van der Waals surface area contributed by atoms with E-state index < -0.39 is 6.04 Å². The van der Waals surface area contributed by atoms with Gasteiger partial charge in [0.25, 0.3) is 0 Å². The number of rotatable bonds is 6. The molecule has 154 valence electrons. The molecule has 8 nitrogen and oxygen atoms in total. The van der Waals surface area contributed by atoms with E-state index in [2.05, 4.69) is 20.8 Å². The second-order valence-electron chi connectivity index (χ2n) is 7.52. The predicted molar refractivity (Wildman–Crippen MR) is 101 cm³/mol. The average molecular weight is 401 g/mol. The number of carbonyl (C=O) groups excluding carboxylic acids is 2. The Balaban J connectivity index is 1.36. The lowest BCUT2D eigenvalue weighted by Crippen LogP contribution is -2.40. The molecule has 1 atom stereocenters. The normalized spacial score (nSPS) is 19.7. The largest absolute Gasteiger partial charge is 0.337 e. The molecule has 2 heterocycles. The fourth-order valence-electron chi connectivity index (χ4n) is 3.94. The van der Waals surface area contributed by atoms with Gasteiger partial charge in [-0.05, 0) is 25.3 Å².